The number of hydrogen-bond acceptors (Lipinski definition) is 7. The molecule has 5 rings (SSSR count). The molecule has 1 aliphatic carbocycles. The Labute approximate surface area is 176 Å². The fourth-order valence-electron chi connectivity index (χ4n) is 4.81. The number of methoxy groups -OCH3 is 1. The monoisotopic (exact) mass is 410 g/mol. The summed E-state index contributed by atoms with van der Waals surface area (Å²) in [6.07, 6.45) is 10.0. The van der Waals surface area contributed by atoms with Gasteiger partial charge in [0.25, 0.3) is 6.01 Å². The molecule has 0 amide bonds. The lowest BCUT2D eigenvalue weighted by Crippen LogP contribution is -2.36. The maximum Gasteiger partial charge on any atom is 0.299 e. The molecular weight excluding hydrogens is 380 g/mol. The number of pyridine rings is 1. The first-order chi connectivity index (χ1) is 14.8. The van der Waals surface area contributed by atoms with E-state index in [1.807, 2.05) is 12.1 Å². The van der Waals surface area contributed by atoms with Crippen molar-refractivity contribution in [3.63, 3.8) is 0 Å². The summed E-state index contributed by atoms with van der Waals surface area (Å²) in [6.45, 7) is 3.31. The maximum atomic E-state index is 5.96. The third-order valence-corrected chi connectivity index (χ3v) is 6.41. The van der Waals surface area contributed by atoms with Crippen LogP contribution in [-0.2, 0) is 17.7 Å². The minimum atomic E-state index is 0.503. The molecule has 160 valence electrons. The van der Waals surface area contributed by atoms with Gasteiger partial charge in [-0.2, -0.15) is 10.1 Å². The molecule has 4 heterocycles. The highest BCUT2D eigenvalue weighted by molar-refractivity contribution is 5.69. The fourth-order valence-corrected chi connectivity index (χ4v) is 4.81. The van der Waals surface area contributed by atoms with Gasteiger partial charge in [0.05, 0.1) is 13.2 Å². The van der Waals surface area contributed by atoms with Crippen LogP contribution in [0.2, 0.25) is 0 Å². The minimum Gasteiger partial charge on any atom is -0.422 e. The van der Waals surface area contributed by atoms with Crippen LogP contribution in [0.1, 0.15) is 56.1 Å². The SMILES string of the molecule is COCCn1nc(C2CCCC2)nc1CC1CCCN(c2nc3ncccc3o2)C1. The zero-order chi connectivity index (χ0) is 20.3. The van der Waals surface area contributed by atoms with E-state index < -0.39 is 0 Å². The Morgan fingerprint density at radius 3 is 2.90 bits per heavy atom. The van der Waals surface area contributed by atoms with E-state index in [1.165, 1.54) is 32.1 Å². The Morgan fingerprint density at radius 1 is 1.17 bits per heavy atom. The van der Waals surface area contributed by atoms with Crippen molar-refractivity contribution in [2.45, 2.75) is 57.4 Å². The summed E-state index contributed by atoms with van der Waals surface area (Å²) in [4.78, 5) is 16.1. The van der Waals surface area contributed by atoms with Crippen molar-refractivity contribution in [3.05, 3.63) is 30.0 Å². The molecule has 1 saturated carbocycles. The lowest BCUT2D eigenvalue weighted by molar-refractivity contribution is 0.181. The maximum absolute atomic E-state index is 5.96. The highest BCUT2D eigenvalue weighted by Gasteiger charge is 2.27. The van der Waals surface area contributed by atoms with Crippen LogP contribution in [0.3, 0.4) is 0 Å². The lowest BCUT2D eigenvalue weighted by Gasteiger charge is -2.31. The van der Waals surface area contributed by atoms with Gasteiger partial charge in [0.15, 0.2) is 11.4 Å². The van der Waals surface area contributed by atoms with E-state index >= 15 is 0 Å². The normalized spacial score (nSPS) is 20.4. The first-order valence-electron chi connectivity index (χ1n) is 11.2. The Balaban J connectivity index is 1.31. The van der Waals surface area contributed by atoms with Crippen LogP contribution >= 0.6 is 0 Å². The zero-order valence-corrected chi connectivity index (χ0v) is 17.7. The molecule has 0 bridgehead atoms. The molecule has 3 aromatic heterocycles. The van der Waals surface area contributed by atoms with Gasteiger partial charge in [-0.3, -0.25) is 0 Å². The summed E-state index contributed by atoms with van der Waals surface area (Å²) >= 11 is 0. The molecule has 3 aromatic rings. The van der Waals surface area contributed by atoms with Crippen molar-refractivity contribution >= 4 is 17.2 Å². The highest BCUT2D eigenvalue weighted by Crippen LogP contribution is 2.33. The summed E-state index contributed by atoms with van der Waals surface area (Å²) in [5.41, 5.74) is 1.42. The summed E-state index contributed by atoms with van der Waals surface area (Å²) in [7, 11) is 1.74. The summed E-state index contributed by atoms with van der Waals surface area (Å²) in [6, 6.07) is 4.48. The second kappa shape index (κ2) is 8.71. The quantitative estimate of drug-likeness (QED) is 0.589. The third kappa shape index (κ3) is 4.05. The molecule has 2 fully saturated rings. The molecule has 0 N–H and O–H groups in total. The number of piperidine rings is 1. The number of anilines is 1. The topological polar surface area (TPSA) is 82.1 Å². The van der Waals surface area contributed by atoms with Crippen LogP contribution < -0.4 is 4.90 Å². The van der Waals surface area contributed by atoms with Gasteiger partial charge in [-0.25, -0.2) is 14.6 Å². The Hall–Kier alpha value is -2.48. The predicted octanol–water partition coefficient (Wildman–Crippen LogP) is 3.58. The minimum absolute atomic E-state index is 0.503. The number of hydrogen-bond donors (Lipinski definition) is 0. The number of fused-ring (bicyclic) bond motifs is 1. The van der Waals surface area contributed by atoms with Crippen LogP contribution in [0.15, 0.2) is 22.7 Å². The van der Waals surface area contributed by atoms with Gasteiger partial charge in [0.2, 0.25) is 5.65 Å². The van der Waals surface area contributed by atoms with Gasteiger partial charge in [0.1, 0.15) is 5.82 Å². The molecule has 1 aliphatic heterocycles. The molecule has 0 aromatic carbocycles. The number of oxazole rings is 1. The van der Waals surface area contributed by atoms with E-state index in [4.69, 9.17) is 19.2 Å². The molecular formula is C22H30N6O2. The molecule has 30 heavy (non-hydrogen) atoms. The number of rotatable bonds is 7. The zero-order valence-electron chi connectivity index (χ0n) is 17.7. The Morgan fingerprint density at radius 2 is 2.07 bits per heavy atom. The second-order valence-corrected chi connectivity index (χ2v) is 8.56. The average molecular weight is 411 g/mol. The van der Waals surface area contributed by atoms with Crippen LogP contribution in [0.5, 0.6) is 0 Å². The van der Waals surface area contributed by atoms with Crippen molar-refractivity contribution in [2.24, 2.45) is 5.92 Å². The van der Waals surface area contributed by atoms with E-state index in [-0.39, 0.29) is 0 Å². The first kappa shape index (κ1) is 19.5. The van der Waals surface area contributed by atoms with Crippen LogP contribution in [-0.4, -0.2) is 51.5 Å². The van der Waals surface area contributed by atoms with Gasteiger partial charge in [-0.05, 0) is 43.7 Å². The summed E-state index contributed by atoms with van der Waals surface area (Å²) in [5, 5.41) is 4.87. The van der Waals surface area contributed by atoms with E-state index in [0.29, 0.717) is 30.1 Å². The number of aromatic nitrogens is 5. The smallest absolute Gasteiger partial charge is 0.299 e. The van der Waals surface area contributed by atoms with Crippen molar-refractivity contribution in [3.8, 4) is 0 Å². The second-order valence-electron chi connectivity index (χ2n) is 8.56. The Bertz CT molecular complexity index is 944. The fraction of sp³-hybridized carbons (Fsp3) is 0.636. The van der Waals surface area contributed by atoms with Crippen LogP contribution in [0, 0.1) is 5.92 Å². The van der Waals surface area contributed by atoms with Crippen molar-refractivity contribution in [1.29, 1.82) is 0 Å². The molecule has 8 nitrogen and oxygen atoms in total. The molecule has 1 unspecified atom stereocenters. The largest absolute Gasteiger partial charge is 0.422 e. The molecule has 1 atom stereocenters. The van der Waals surface area contributed by atoms with Gasteiger partial charge in [-0.15, -0.1) is 0 Å². The number of ether oxygens (including phenoxy) is 1. The van der Waals surface area contributed by atoms with Crippen molar-refractivity contribution in [1.82, 2.24) is 24.7 Å². The van der Waals surface area contributed by atoms with E-state index in [2.05, 4.69) is 19.5 Å². The van der Waals surface area contributed by atoms with E-state index in [0.717, 1.165) is 49.7 Å². The number of nitrogens with zero attached hydrogens (tertiary/aromatic N) is 6. The van der Waals surface area contributed by atoms with Gasteiger partial charge >= 0.3 is 0 Å². The molecule has 8 heteroatoms. The standard InChI is InChI=1S/C22H30N6O2/c1-29-13-12-28-19(24-20(26-28)17-7-2-3-8-17)14-16-6-5-11-27(15-16)22-25-21-18(30-22)9-4-10-23-21/h4,9-10,16-17H,2-3,5-8,11-15H2,1H3. The average Bonchev–Trinajstić information content (AvgIpc) is 3.51. The molecule has 2 aliphatic rings. The summed E-state index contributed by atoms with van der Waals surface area (Å²) in [5.74, 6) is 3.17. The van der Waals surface area contributed by atoms with Crippen molar-refractivity contribution in [2.75, 3.05) is 31.7 Å². The molecule has 0 radical (unpaired) electrons. The predicted molar refractivity (Wildman–Crippen MR) is 114 cm³/mol. The van der Waals surface area contributed by atoms with Gasteiger partial charge < -0.3 is 14.1 Å². The molecule has 0 spiro atoms. The van der Waals surface area contributed by atoms with Gasteiger partial charge in [0, 0.05) is 38.7 Å². The lowest BCUT2D eigenvalue weighted by atomic mass is 9.94. The first-order valence-corrected chi connectivity index (χ1v) is 11.2. The van der Waals surface area contributed by atoms with E-state index in [1.54, 1.807) is 13.3 Å². The molecule has 1 saturated heterocycles. The van der Waals surface area contributed by atoms with Crippen LogP contribution in [0.25, 0.3) is 11.2 Å². The van der Waals surface area contributed by atoms with Crippen LogP contribution in [0.4, 0.5) is 6.01 Å². The van der Waals surface area contributed by atoms with Crippen molar-refractivity contribution < 1.29 is 9.15 Å². The summed E-state index contributed by atoms with van der Waals surface area (Å²) < 4.78 is 13.3. The Kier molecular flexibility index (Phi) is 5.66. The third-order valence-electron chi connectivity index (χ3n) is 6.41. The highest BCUT2D eigenvalue weighted by atomic mass is 16.5. The van der Waals surface area contributed by atoms with E-state index in [9.17, 15) is 0 Å². The van der Waals surface area contributed by atoms with Gasteiger partial charge in [-0.1, -0.05) is 12.8 Å².